The summed E-state index contributed by atoms with van der Waals surface area (Å²) in [5.74, 6) is -3.79. The Morgan fingerprint density at radius 1 is 1.18 bits per heavy atom. The van der Waals surface area contributed by atoms with Crippen molar-refractivity contribution in [2.75, 3.05) is 49.6 Å². The Morgan fingerprint density at radius 3 is 2.60 bits per heavy atom. The standard InChI is InChI=1S/C28H33F5N4O3/c1-17-2-3-21(34-26(39)37-5-4-18(16-37)14-28(31,32)33)13-22(17)19-10-23(20-11-24(38)27(29,30)15-20)35-25(12-19)36-6-8-40-9-7-36/h2-3,10,12-13,18,20,24,38H,4-9,11,14-16H2,1H3,(H,34,39)/t18-,20?,24+/m0/s1. The maximum Gasteiger partial charge on any atom is 0.389 e. The molecule has 1 aliphatic carbocycles. The van der Waals surface area contributed by atoms with Crippen LogP contribution in [-0.4, -0.2) is 78.6 Å². The van der Waals surface area contributed by atoms with E-state index in [0.717, 1.165) is 16.7 Å². The molecule has 3 fully saturated rings. The van der Waals surface area contributed by atoms with Crippen LogP contribution in [-0.2, 0) is 4.74 Å². The number of urea groups is 1. The monoisotopic (exact) mass is 568 g/mol. The first-order chi connectivity index (χ1) is 18.9. The summed E-state index contributed by atoms with van der Waals surface area (Å²) in [5, 5.41) is 12.7. The van der Waals surface area contributed by atoms with Crippen LogP contribution in [0.5, 0.6) is 0 Å². The van der Waals surface area contributed by atoms with E-state index in [1.165, 1.54) is 4.90 Å². The van der Waals surface area contributed by atoms with Gasteiger partial charge in [0.25, 0.3) is 5.92 Å². The van der Waals surface area contributed by atoms with Crippen LogP contribution < -0.4 is 10.2 Å². The Morgan fingerprint density at radius 2 is 1.93 bits per heavy atom. The van der Waals surface area contributed by atoms with Gasteiger partial charge in [-0.2, -0.15) is 13.2 Å². The molecule has 40 heavy (non-hydrogen) atoms. The third-order valence-electron chi connectivity index (χ3n) is 7.99. The van der Waals surface area contributed by atoms with E-state index in [9.17, 15) is 31.9 Å². The molecule has 2 aromatic rings. The highest BCUT2D eigenvalue weighted by molar-refractivity contribution is 5.90. The molecule has 2 N–H and O–H groups in total. The summed E-state index contributed by atoms with van der Waals surface area (Å²) in [4.78, 5) is 21.0. The van der Waals surface area contributed by atoms with Crippen LogP contribution in [0, 0.1) is 12.8 Å². The minimum Gasteiger partial charge on any atom is -0.387 e. The predicted octanol–water partition coefficient (Wildman–Crippen LogP) is 5.57. The van der Waals surface area contributed by atoms with E-state index in [1.807, 2.05) is 24.0 Å². The van der Waals surface area contributed by atoms with Crippen LogP contribution >= 0.6 is 0 Å². The van der Waals surface area contributed by atoms with Gasteiger partial charge in [0.05, 0.1) is 13.2 Å². The molecule has 3 heterocycles. The molecule has 0 radical (unpaired) electrons. The number of carbonyl (C=O) groups excluding carboxylic acids is 1. The van der Waals surface area contributed by atoms with Crippen LogP contribution in [0.3, 0.4) is 0 Å². The molecule has 2 aliphatic heterocycles. The predicted molar refractivity (Wildman–Crippen MR) is 140 cm³/mol. The van der Waals surface area contributed by atoms with Crippen LogP contribution in [0.4, 0.5) is 38.3 Å². The average molecular weight is 569 g/mol. The van der Waals surface area contributed by atoms with Crippen molar-refractivity contribution >= 4 is 17.5 Å². The van der Waals surface area contributed by atoms with Gasteiger partial charge in [-0.1, -0.05) is 6.07 Å². The molecular weight excluding hydrogens is 535 g/mol. The van der Waals surface area contributed by atoms with Crippen molar-refractivity contribution in [2.24, 2.45) is 5.92 Å². The minimum atomic E-state index is -4.26. The molecule has 2 amide bonds. The Balaban J connectivity index is 1.40. The van der Waals surface area contributed by atoms with Gasteiger partial charge in [0.2, 0.25) is 0 Å². The number of aliphatic hydroxyl groups is 1. The minimum absolute atomic E-state index is 0.0402. The molecule has 0 spiro atoms. The molecule has 1 aromatic heterocycles. The highest BCUT2D eigenvalue weighted by Gasteiger charge is 2.49. The number of halogens is 5. The number of nitrogens with zero attached hydrogens (tertiary/aromatic N) is 3. The number of hydrogen-bond acceptors (Lipinski definition) is 5. The summed E-state index contributed by atoms with van der Waals surface area (Å²) in [6.07, 6.45) is -7.19. The van der Waals surface area contributed by atoms with Gasteiger partial charge in [-0.15, -0.1) is 0 Å². The van der Waals surface area contributed by atoms with Crippen molar-refractivity contribution in [3.05, 3.63) is 41.6 Å². The number of amides is 2. The second kappa shape index (κ2) is 11.1. The quantitative estimate of drug-likeness (QED) is 0.461. The average Bonchev–Trinajstić information content (AvgIpc) is 3.47. The van der Waals surface area contributed by atoms with Crippen LogP contribution in [0.25, 0.3) is 11.1 Å². The zero-order chi connectivity index (χ0) is 28.7. The van der Waals surface area contributed by atoms with Crippen LogP contribution in [0.2, 0.25) is 0 Å². The molecule has 1 saturated carbocycles. The fourth-order valence-electron chi connectivity index (χ4n) is 5.80. The molecule has 0 bridgehead atoms. The first-order valence-corrected chi connectivity index (χ1v) is 13.5. The van der Waals surface area contributed by atoms with E-state index in [0.29, 0.717) is 49.9 Å². The van der Waals surface area contributed by atoms with Crippen LogP contribution in [0.1, 0.15) is 42.9 Å². The SMILES string of the molecule is Cc1ccc(NC(=O)N2CC[C@@H](CC(F)(F)F)C2)cc1-c1cc(C2C[C@@H](O)C(F)(F)C2)nc(N2CCOCC2)c1. The number of pyridine rings is 1. The number of carbonyl (C=O) groups is 1. The topological polar surface area (TPSA) is 77.9 Å². The van der Waals surface area contributed by atoms with Crippen molar-refractivity contribution < 1.29 is 36.6 Å². The van der Waals surface area contributed by atoms with Gasteiger partial charge in [0.15, 0.2) is 0 Å². The molecule has 12 heteroatoms. The molecule has 2 saturated heterocycles. The summed E-state index contributed by atoms with van der Waals surface area (Å²) in [7, 11) is 0. The second-order valence-corrected chi connectivity index (χ2v) is 11.0. The number of rotatable bonds is 5. The van der Waals surface area contributed by atoms with E-state index in [1.54, 1.807) is 18.2 Å². The lowest BCUT2D eigenvalue weighted by Crippen LogP contribution is -2.37. The summed E-state index contributed by atoms with van der Waals surface area (Å²) >= 11 is 0. The van der Waals surface area contributed by atoms with Gasteiger partial charge in [-0.3, -0.25) is 0 Å². The fourth-order valence-corrected chi connectivity index (χ4v) is 5.80. The molecule has 218 valence electrons. The summed E-state index contributed by atoms with van der Waals surface area (Å²) in [6.45, 7) is 4.41. The summed E-state index contributed by atoms with van der Waals surface area (Å²) in [6, 6.07) is 8.50. The number of alkyl halides is 5. The van der Waals surface area contributed by atoms with Crippen molar-refractivity contribution in [1.29, 1.82) is 0 Å². The zero-order valence-electron chi connectivity index (χ0n) is 22.2. The fraction of sp³-hybridized carbons (Fsp3) is 0.571. The number of ether oxygens (including phenoxy) is 1. The van der Waals surface area contributed by atoms with Gasteiger partial charge in [0, 0.05) is 56.3 Å². The Bertz CT molecular complexity index is 1230. The van der Waals surface area contributed by atoms with Gasteiger partial charge in [-0.05, 0) is 66.6 Å². The molecule has 1 unspecified atom stereocenters. The van der Waals surface area contributed by atoms with Crippen molar-refractivity contribution in [3.8, 4) is 11.1 Å². The molecule has 7 nitrogen and oxygen atoms in total. The normalized spacial score (nSPS) is 24.9. The lowest BCUT2D eigenvalue weighted by atomic mass is 9.95. The van der Waals surface area contributed by atoms with Crippen molar-refractivity contribution in [2.45, 2.75) is 56.7 Å². The largest absolute Gasteiger partial charge is 0.389 e. The number of aryl methyl sites for hydroxylation is 1. The second-order valence-electron chi connectivity index (χ2n) is 11.0. The first kappa shape index (κ1) is 28.5. The number of nitrogens with one attached hydrogen (secondary N) is 1. The number of morpholine rings is 1. The maximum absolute atomic E-state index is 14.2. The van der Waals surface area contributed by atoms with E-state index < -0.39 is 48.9 Å². The van der Waals surface area contributed by atoms with E-state index >= 15 is 0 Å². The van der Waals surface area contributed by atoms with Gasteiger partial charge < -0.3 is 25.0 Å². The molecule has 1 aromatic carbocycles. The van der Waals surface area contributed by atoms with Crippen LogP contribution in [0.15, 0.2) is 30.3 Å². The highest BCUT2D eigenvalue weighted by atomic mass is 19.4. The van der Waals surface area contributed by atoms with E-state index in [4.69, 9.17) is 9.72 Å². The number of aromatic nitrogens is 1. The first-order valence-electron chi connectivity index (χ1n) is 13.5. The molecular formula is C28H33F5N4O3. The van der Waals surface area contributed by atoms with E-state index in [2.05, 4.69) is 5.32 Å². The third-order valence-corrected chi connectivity index (χ3v) is 7.99. The van der Waals surface area contributed by atoms with Gasteiger partial charge in [0.1, 0.15) is 11.9 Å². The number of likely N-dealkylation sites (tertiary alicyclic amines) is 1. The van der Waals surface area contributed by atoms with Gasteiger partial charge >= 0.3 is 12.2 Å². The highest BCUT2D eigenvalue weighted by Crippen LogP contribution is 2.45. The lowest BCUT2D eigenvalue weighted by Gasteiger charge is -2.29. The van der Waals surface area contributed by atoms with Crippen molar-refractivity contribution in [3.63, 3.8) is 0 Å². The number of benzene rings is 1. The van der Waals surface area contributed by atoms with Crippen molar-refractivity contribution in [1.82, 2.24) is 9.88 Å². The van der Waals surface area contributed by atoms with E-state index in [-0.39, 0.29) is 19.5 Å². The number of aliphatic hydroxyl groups excluding tert-OH is 1. The zero-order valence-corrected chi connectivity index (χ0v) is 22.2. The Labute approximate surface area is 229 Å². The molecule has 3 atom stereocenters. The number of anilines is 2. The smallest absolute Gasteiger partial charge is 0.387 e. The number of hydrogen-bond donors (Lipinski definition) is 2. The molecule has 3 aliphatic rings. The Hall–Kier alpha value is -2.99. The third kappa shape index (κ3) is 6.49. The lowest BCUT2D eigenvalue weighted by molar-refractivity contribution is -0.143. The molecule has 5 rings (SSSR count). The Kier molecular flexibility index (Phi) is 7.93. The summed E-state index contributed by atoms with van der Waals surface area (Å²) in [5.41, 5.74) is 3.32. The van der Waals surface area contributed by atoms with Gasteiger partial charge in [-0.25, -0.2) is 18.6 Å². The summed E-state index contributed by atoms with van der Waals surface area (Å²) < 4.78 is 72.2. The maximum atomic E-state index is 14.2.